The monoisotopic (exact) mass is 500 g/mol. The first-order valence-electron chi connectivity index (χ1n) is 9.74. The SMILES string of the molecule is COc1cc(/C=C2\SC(=Nc3ccc(O)cc3)NC2=O)ccc1OCc1ccc(Cl)cc1Cl. The van der Waals surface area contributed by atoms with Crippen LogP contribution in [0.2, 0.25) is 10.0 Å². The fourth-order valence-corrected chi connectivity index (χ4v) is 4.27. The van der Waals surface area contributed by atoms with Crippen molar-refractivity contribution < 1.29 is 19.4 Å². The van der Waals surface area contributed by atoms with E-state index in [1.807, 2.05) is 12.1 Å². The second kappa shape index (κ2) is 10.2. The molecule has 0 aromatic heterocycles. The summed E-state index contributed by atoms with van der Waals surface area (Å²) in [6.45, 7) is 0.252. The zero-order chi connectivity index (χ0) is 23.4. The minimum absolute atomic E-state index is 0.153. The van der Waals surface area contributed by atoms with Gasteiger partial charge in [-0.25, -0.2) is 4.99 Å². The average Bonchev–Trinajstić information content (AvgIpc) is 3.13. The van der Waals surface area contributed by atoms with Crippen LogP contribution >= 0.6 is 35.0 Å². The molecule has 0 atom stereocenters. The maximum atomic E-state index is 12.4. The fraction of sp³-hybridized carbons (Fsp3) is 0.0833. The Balaban J connectivity index is 1.48. The molecule has 9 heteroatoms. The molecule has 0 unspecified atom stereocenters. The minimum atomic E-state index is -0.241. The van der Waals surface area contributed by atoms with Crippen LogP contribution in [0.5, 0.6) is 17.2 Å². The third-order valence-corrected chi connectivity index (χ3v) is 6.11. The largest absolute Gasteiger partial charge is 0.508 e. The van der Waals surface area contributed by atoms with Gasteiger partial charge in [-0.2, -0.15) is 0 Å². The smallest absolute Gasteiger partial charge is 0.264 e. The van der Waals surface area contributed by atoms with Gasteiger partial charge in [0.05, 0.1) is 17.7 Å². The highest BCUT2D eigenvalue weighted by atomic mass is 35.5. The average molecular weight is 501 g/mol. The summed E-state index contributed by atoms with van der Waals surface area (Å²) in [7, 11) is 1.55. The predicted molar refractivity (Wildman–Crippen MR) is 133 cm³/mol. The van der Waals surface area contributed by atoms with Gasteiger partial charge in [-0.1, -0.05) is 35.3 Å². The Kier molecular flexibility index (Phi) is 7.13. The van der Waals surface area contributed by atoms with Gasteiger partial charge in [0.1, 0.15) is 12.4 Å². The number of amides is 1. The highest BCUT2D eigenvalue weighted by molar-refractivity contribution is 8.18. The molecule has 1 saturated heterocycles. The van der Waals surface area contributed by atoms with E-state index in [-0.39, 0.29) is 18.3 Å². The number of phenols is 1. The zero-order valence-corrected chi connectivity index (χ0v) is 19.7. The lowest BCUT2D eigenvalue weighted by atomic mass is 10.2. The molecule has 0 saturated carbocycles. The van der Waals surface area contributed by atoms with Crippen molar-refractivity contribution in [3.05, 3.63) is 86.7 Å². The molecule has 0 spiro atoms. The van der Waals surface area contributed by atoms with Gasteiger partial charge in [0.15, 0.2) is 16.7 Å². The van der Waals surface area contributed by atoms with Crippen molar-refractivity contribution in [1.29, 1.82) is 0 Å². The Morgan fingerprint density at radius 1 is 1.06 bits per heavy atom. The van der Waals surface area contributed by atoms with E-state index < -0.39 is 0 Å². The van der Waals surface area contributed by atoms with Crippen LogP contribution in [0.1, 0.15) is 11.1 Å². The summed E-state index contributed by atoms with van der Waals surface area (Å²) >= 11 is 13.4. The van der Waals surface area contributed by atoms with E-state index in [1.54, 1.807) is 49.6 Å². The van der Waals surface area contributed by atoms with E-state index in [2.05, 4.69) is 10.3 Å². The van der Waals surface area contributed by atoms with Crippen LogP contribution in [0.25, 0.3) is 6.08 Å². The number of rotatable bonds is 6. The standard InChI is InChI=1S/C24H18Cl2N2O4S/c1-31-21-10-14(2-9-20(21)32-13-15-3-4-16(25)12-19(15)26)11-22-23(30)28-24(33-22)27-17-5-7-18(29)8-6-17/h2-12,29H,13H2,1H3,(H,27,28,30)/b22-11-. The molecule has 1 aliphatic rings. The van der Waals surface area contributed by atoms with E-state index in [0.29, 0.717) is 37.3 Å². The number of thioether (sulfide) groups is 1. The van der Waals surface area contributed by atoms with E-state index in [0.717, 1.165) is 11.1 Å². The van der Waals surface area contributed by atoms with E-state index >= 15 is 0 Å². The molecule has 0 radical (unpaired) electrons. The van der Waals surface area contributed by atoms with Crippen LogP contribution in [0.4, 0.5) is 5.69 Å². The van der Waals surface area contributed by atoms with Gasteiger partial charge in [-0.3, -0.25) is 4.79 Å². The molecule has 6 nitrogen and oxygen atoms in total. The number of carbonyl (C=O) groups is 1. The second-order valence-electron chi connectivity index (χ2n) is 6.93. The lowest BCUT2D eigenvalue weighted by Crippen LogP contribution is -2.19. The Labute approximate surface area is 204 Å². The summed E-state index contributed by atoms with van der Waals surface area (Å²) < 4.78 is 11.3. The van der Waals surface area contributed by atoms with Gasteiger partial charge in [-0.05, 0) is 71.9 Å². The summed E-state index contributed by atoms with van der Waals surface area (Å²) in [6, 6.07) is 17.0. The third kappa shape index (κ3) is 5.82. The number of benzene rings is 3. The molecule has 0 bridgehead atoms. The number of phenolic OH excluding ortho intramolecular Hbond substituents is 1. The van der Waals surface area contributed by atoms with Crippen molar-refractivity contribution >= 4 is 57.8 Å². The van der Waals surface area contributed by atoms with Gasteiger partial charge >= 0.3 is 0 Å². The first-order chi connectivity index (χ1) is 15.9. The van der Waals surface area contributed by atoms with Gasteiger partial charge in [0, 0.05) is 15.6 Å². The van der Waals surface area contributed by atoms with Gasteiger partial charge in [0.25, 0.3) is 5.91 Å². The summed E-state index contributed by atoms with van der Waals surface area (Å²) in [5.74, 6) is 0.981. The van der Waals surface area contributed by atoms with Crippen molar-refractivity contribution in [2.24, 2.45) is 4.99 Å². The highest BCUT2D eigenvalue weighted by Crippen LogP contribution is 2.33. The number of carbonyl (C=O) groups excluding carboxylic acids is 1. The summed E-state index contributed by atoms with van der Waals surface area (Å²) in [4.78, 5) is 17.3. The van der Waals surface area contributed by atoms with E-state index in [9.17, 15) is 9.90 Å². The normalized spacial score (nSPS) is 15.7. The van der Waals surface area contributed by atoms with Crippen molar-refractivity contribution in [1.82, 2.24) is 5.32 Å². The first-order valence-corrected chi connectivity index (χ1v) is 11.3. The number of methoxy groups -OCH3 is 1. The third-order valence-electron chi connectivity index (χ3n) is 4.61. The van der Waals surface area contributed by atoms with E-state index in [1.165, 1.54) is 23.9 Å². The topological polar surface area (TPSA) is 80.2 Å². The Morgan fingerprint density at radius 3 is 2.58 bits per heavy atom. The number of nitrogens with one attached hydrogen (secondary N) is 1. The van der Waals surface area contributed by atoms with Crippen molar-refractivity contribution in [3.8, 4) is 17.2 Å². The number of amidine groups is 1. The molecule has 168 valence electrons. The minimum Gasteiger partial charge on any atom is -0.508 e. The fourth-order valence-electron chi connectivity index (χ4n) is 2.96. The maximum absolute atomic E-state index is 12.4. The van der Waals surface area contributed by atoms with Crippen molar-refractivity contribution in [2.45, 2.75) is 6.61 Å². The van der Waals surface area contributed by atoms with Crippen molar-refractivity contribution in [2.75, 3.05) is 7.11 Å². The number of hydrogen-bond acceptors (Lipinski definition) is 6. The molecule has 33 heavy (non-hydrogen) atoms. The van der Waals surface area contributed by atoms with Crippen LogP contribution in [0.15, 0.2) is 70.6 Å². The second-order valence-corrected chi connectivity index (χ2v) is 8.81. The summed E-state index contributed by atoms with van der Waals surface area (Å²) in [5, 5.41) is 13.7. The first kappa shape index (κ1) is 23.0. The number of hydrogen-bond donors (Lipinski definition) is 2. The number of aliphatic imine (C=N–C) groups is 1. The van der Waals surface area contributed by atoms with Crippen LogP contribution in [-0.4, -0.2) is 23.3 Å². The Morgan fingerprint density at radius 2 is 1.85 bits per heavy atom. The molecule has 1 amide bonds. The highest BCUT2D eigenvalue weighted by Gasteiger charge is 2.24. The molecule has 4 rings (SSSR count). The quantitative estimate of drug-likeness (QED) is 0.395. The molecular formula is C24H18Cl2N2O4S. The molecular weight excluding hydrogens is 483 g/mol. The zero-order valence-electron chi connectivity index (χ0n) is 17.3. The predicted octanol–water partition coefficient (Wildman–Crippen LogP) is 6.18. The lowest BCUT2D eigenvalue weighted by molar-refractivity contribution is -0.115. The van der Waals surface area contributed by atoms with Gasteiger partial charge in [-0.15, -0.1) is 0 Å². The van der Waals surface area contributed by atoms with E-state index in [4.69, 9.17) is 32.7 Å². The number of nitrogens with zero attached hydrogens (tertiary/aromatic N) is 1. The lowest BCUT2D eigenvalue weighted by Gasteiger charge is -2.12. The van der Waals surface area contributed by atoms with Crippen LogP contribution < -0.4 is 14.8 Å². The van der Waals surface area contributed by atoms with Gasteiger partial charge in [0.2, 0.25) is 0 Å². The number of ether oxygens (including phenoxy) is 2. The molecule has 1 aliphatic heterocycles. The summed E-state index contributed by atoms with van der Waals surface area (Å²) in [5.41, 5.74) is 2.20. The number of aromatic hydroxyl groups is 1. The molecule has 1 heterocycles. The molecule has 2 N–H and O–H groups in total. The number of halogens is 2. The molecule has 1 fully saturated rings. The molecule has 3 aromatic rings. The Bertz CT molecular complexity index is 1260. The van der Waals surface area contributed by atoms with Crippen LogP contribution in [0.3, 0.4) is 0 Å². The van der Waals surface area contributed by atoms with Crippen molar-refractivity contribution in [3.63, 3.8) is 0 Å². The molecule has 3 aromatic carbocycles. The summed E-state index contributed by atoms with van der Waals surface area (Å²) in [6.07, 6.45) is 1.75. The Hall–Kier alpha value is -3.13. The van der Waals surface area contributed by atoms with Gasteiger partial charge < -0.3 is 19.9 Å². The molecule has 0 aliphatic carbocycles. The maximum Gasteiger partial charge on any atom is 0.264 e. The van der Waals surface area contributed by atoms with Crippen LogP contribution in [0, 0.1) is 0 Å². The van der Waals surface area contributed by atoms with Crippen LogP contribution in [-0.2, 0) is 11.4 Å².